The van der Waals surface area contributed by atoms with E-state index in [1.807, 2.05) is 34.1 Å². The summed E-state index contributed by atoms with van der Waals surface area (Å²) in [4.78, 5) is 29.1. The lowest BCUT2D eigenvalue weighted by Crippen LogP contribution is -2.51. The van der Waals surface area contributed by atoms with Crippen LogP contribution in [0.25, 0.3) is 0 Å². The van der Waals surface area contributed by atoms with E-state index in [1.54, 1.807) is 0 Å². The fraction of sp³-hybridized carbons (Fsp3) is 0.636. The zero-order chi connectivity index (χ0) is 18.8. The normalized spacial score (nSPS) is 26.7. The van der Waals surface area contributed by atoms with Crippen molar-refractivity contribution in [3.8, 4) is 0 Å². The predicted octanol–water partition coefficient (Wildman–Crippen LogP) is 2.55. The van der Waals surface area contributed by atoms with Crippen molar-refractivity contribution in [3.05, 3.63) is 35.4 Å². The van der Waals surface area contributed by atoms with Gasteiger partial charge < -0.3 is 15.1 Å². The zero-order valence-corrected chi connectivity index (χ0v) is 17.5. The van der Waals surface area contributed by atoms with Gasteiger partial charge in [0.25, 0.3) is 0 Å². The monoisotopic (exact) mass is 405 g/mol. The van der Waals surface area contributed by atoms with Crippen LogP contribution in [0.2, 0.25) is 0 Å². The Morgan fingerprint density at radius 2 is 1.46 bits per heavy atom. The number of piperidine rings is 1. The number of fused-ring (bicyclic) bond motifs is 2. The Hall–Kier alpha value is -1.59. The number of nitrogens with zero attached hydrogens (tertiary/aromatic N) is 2. The van der Waals surface area contributed by atoms with Crippen LogP contribution in [0.5, 0.6) is 0 Å². The van der Waals surface area contributed by atoms with Crippen LogP contribution in [-0.4, -0.2) is 59.9 Å². The summed E-state index contributed by atoms with van der Waals surface area (Å²) in [5, 5.41) is 3.65. The molecule has 1 N–H and O–H groups in total. The molecule has 3 aliphatic rings. The molecule has 0 aromatic heterocycles. The van der Waals surface area contributed by atoms with Crippen molar-refractivity contribution >= 4 is 24.2 Å². The number of carbonyl (C=O) groups is 2. The molecular weight excluding hydrogens is 374 g/mol. The molecule has 3 fully saturated rings. The van der Waals surface area contributed by atoms with Gasteiger partial charge >= 0.3 is 0 Å². The molecule has 2 unspecified atom stereocenters. The maximum Gasteiger partial charge on any atom is 0.227 e. The van der Waals surface area contributed by atoms with Gasteiger partial charge in [-0.3, -0.25) is 9.59 Å². The first kappa shape index (κ1) is 21.1. The largest absolute Gasteiger partial charge is 0.339 e. The number of rotatable bonds is 4. The standard InChI is InChI=1S/C22H31N3O2.ClH/c1-16-2-4-17(5-3-16)14-21(26)24-8-10-25(11-9-24)22(27)15-18-12-19-6-7-20(13-18)23-19;/h2-5,18-20,23H,6-15H2,1H3;1H. The number of piperazine rings is 1. The van der Waals surface area contributed by atoms with Gasteiger partial charge in [-0.2, -0.15) is 0 Å². The number of amides is 2. The Labute approximate surface area is 174 Å². The van der Waals surface area contributed by atoms with Gasteiger partial charge in [-0.1, -0.05) is 29.8 Å². The van der Waals surface area contributed by atoms with Crippen LogP contribution in [0.1, 0.15) is 43.2 Å². The highest BCUT2D eigenvalue weighted by atomic mass is 35.5. The lowest BCUT2D eigenvalue weighted by atomic mass is 9.89. The average molecular weight is 406 g/mol. The summed E-state index contributed by atoms with van der Waals surface area (Å²) in [7, 11) is 0. The van der Waals surface area contributed by atoms with Crippen molar-refractivity contribution < 1.29 is 9.59 Å². The number of nitrogens with one attached hydrogen (secondary N) is 1. The molecule has 0 spiro atoms. The molecule has 6 heteroatoms. The Morgan fingerprint density at radius 3 is 2.04 bits per heavy atom. The van der Waals surface area contributed by atoms with Gasteiger partial charge in [0.15, 0.2) is 0 Å². The van der Waals surface area contributed by atoms with Gasteiger partial charge in [0.1, 0.15) is 0 Å². The van der Waals surface area contributed by atoms with Crippen molar-refractivity contribution in [1.29, 1.82) is 0 Å². The summed E-state index contributed by atoms with van der Waals surface area (Å²) in [6, 6.07) is 9.42. The van der Waals surface area contributed by atoms with Gasteiger partial charge in [-0.05, 0) is 44.1 Å². The van der Waals surface area contributed by atoms with E-state index in [9.17, 15) is 9.59 Å². The first-order valence-electron chi connectivity index (χ1n) is 10.4. The van der Waals surface area contributed by atoms with Crippen molar-refractivity contribution in [2.24, 2.45) is 5.92 Å². The van der Waals surface area contributed by atoms with Crippen LogP contribution < -0.4 is 5.32 Å². The summed E-state index contributed by atoms with van der Waals surface area (Å²) >= 11 is 0. The molecule has 1 aromatic carbocycles. The zero-order valence-electron chi connectivity index (χ0n) is 16.7. The van der Waals surface area contributed by atoms with Crippen LogP contribution >= 0.6 is 12.4 Å². The second-order valence-corrected chi connectivity index (χ2v) is 8.60. The number of hydrogen-bond donors (Lipinski definition) is 1. The van der Waals surface area contributed by atoms with E-state index in [0.717, 1.165) is 18.4 Å². The number of halogens is 1. The van der Waals surface area contributed by atoms with Gasteiger partial charge in [-0.15, -0.1) is 12.4 Å². The lowest BCUT2D eigenvalue weighted by molar-refractivity contribution is -0.140. The van der Waals surface area contributed by atoms with Crippen LogP contribution in [-0.2, 0) is 16.0 Å². The number of hydrogen-bond acceptors (Lipinski definition) is 3. The van der Waals surface area contributed by atoms with Crippen LogP contribution in [0.4, 0.5) is 0 Å². The molecule has 154 valence electrons. The summed E-state index contributed by atoms with van der Waals surface area (Å²) in [6.07, 6.45) is 5.99. The molecule has 0 aliphatic carbocycles. The molecular formula is C22H32ClN3O2. The second kappa shape index (κ2) is 9.27. The van der Waals surface area contributed by atoms with E-state index in [0.29, 0.717) is 57.0 Å². The SMILES string of the molecule is Cc1ccc(CC(=O)N2CCN(C(=O)CC3CC4CCC(C3)N4)CC2)cc1.Cl. The molecule has 1 aromatic rings. The Balaban J connectivity index is 0.00000225. The molecule has 0 radical (unpaired) electrons. The van der Waals surface area contributed by atoms with Crippen molar-refractivity contribution in [1.82, 2.24) is 15.1 Å². The molecule has 3 aliphatic heterocycles. The van der Waals surface area contributed by atoms with Crippen molar-refractivity contribution in [2.45, 2.75) is 57.5 Å². The van der Waals surface area contributed by atoms with Crippen molar-refractivity contribution in [2.75, 3.05) is 26.2 Å². The highest BCUT2D eigenvalue weighted by molar-refractivity contribution is 5.85. The molecule has 0 saturated carbocycles. The summed E-state index contributed by atoms with van der Waals surface area (Å²) < 4.78 is 0. The fourth-order valence-corrected chi connectivity index (χ4v) is 4.92. The van der Waals surface area contributed by atoms with E-state index in [2.05, 4.69) is 12.2 Å². The van der Waals surface area contributed by atoms with Crippen LogP contribution in [0.15, 0.2) is 24.3 Å². The van der Waals surface area contributed by atoms with E-state index in [1.165, 1.54) is 18.4 Å². The molecule has 4 rings (SSSR count). The summed E-state index contributed by atoms with van der Waals surface area (Å²) in [6.45, 7) is 4.73. The third kappa shape index (κ3) is 5.06. The van der Waals surface area contributed by atoms with E-state index < -0.39 is 0 Å². The summed E-state index contributed by atoms with van der Waals surface area (Å²) in [5.74, 6) is 0.991. The van der Waals surface area contributed by atoms with Gasteiger partial charge in [0.05, 0.1) is 6.42 Å². The van der Waals surface area contributed by atoms with Gasteiger partial charge in [0, 0.05) is 44.7 Å². The van der Waals surface area contributed by atoms with E-state index in [-0.39, 0.29) is 24.2 Å². The third-order valence-electron chi connectivity index (χ3n) is 6.50. The van der Waals surface area contributed by atoms with Gasteiger partial charge in [-0.25, -0.2) is 0 Å². The van der Waals surface area contributed by atoms with E-state index >= 15 is 0 Å². The minimum Gasteiger partial charge on any atom is -0.339 e. The lowest BCUT2D eigenvalue weighted by Gasteiger charge is -2.36. The number of benzene rings is 1. The number of carbonyl (C=O) groups excluding carboxylic acids is 2. The maximum absolute atomic E-state index is 12.7. The van der Waals surface area contributed by atoms with Crippen molar-refractivity contribution in [3.63, 3.8) is 0 Å². The molecule has 3 heterocycles. The third-order valence-corrected chi connectivity index (χ3v) is 6.50. The summed E-state index contributed by atoms with van der Waals surface area (Å²) in [5.41, 5.74) is 2.27. The first-order valence-corrected chi connectivity index (χ1v) is 10.4. The highest BCUT2D eigenvalue weighted by Crippen LogP contribution is 2.33. The minimum atomic E-state index is 0. The average Bonchev–Trinajstić information content (AvgIpc) is 3.02. The molecule has 2 amide bonds. The molecule has 28 heavy (non-hydrogen) atoms. The molecule has 2 bridgehead atoms. The fourth-order valence-electron chi connectivity index (χ4n) is 4.92. The van der Waals surface area contributed by atoms with E-state index in [4.69, 9.17) is 0 Å². The first-order chi connectivity index (χ1) is 13.1. The Kier molecular flexibility index (Phi) is 7.00. The second-order valence-electron chi connectivity index (χ2n) is 8.60. The van der Waals surface area contributed by atoms with Gasteiger partial charge in [0.2, 0.25) is 11.8 Å². The highest BCUT2D eigenvalue weighted by Gasteiger charge is 2.35. The predicted molar refractivity (Wildman–Crippen MR) is 113 cm³/mol. The molecule has 5 nitrogen and oxygen atoms in total. The Morgan fingerprint density at radius 1 is 0.929 bits per heavy atom. The smallest absolute Gasteiger partial charge is 0.227 e. The maximum atomic E-state index is 12.7. The molecule has 3 saturated heterocycles. The number of aryl methyl sites for hydroxylation is 1. The van der Waals surface area contributed by atoms with Crippen LogP contribution in [0.3, 0.4) is 0 Å². The molecule has 2 atom stereocenters. The Bertz CT molecular complexity index is 674. The van der Waals surface area contributed by atoms with Crippen LogP contribution in [0, 0.1) is 12.8 Å². The quantitative estimate of drug-likeness (QED) is 0.837. The topological polar surface area (TPSA) is 52.7 Å². The minimum absolute atomic E-state index is 0.